The van der Waals surface area contributed by atoms with E-state index in [0.717, 1.165) is 71.1 Å². The summed E-state index contributed by atoms with van der Waals surface area (Å²) in [7, 11) is 0. The molecule has 38 heavy (non-hydrogen) atoms. The van der Waals surface area contributed by atoms with Crippen LogP contribution in [0.2, 0.25) is 0 Å². The largest absolute Gasteiger partial charge is 0.381 e. The fourth-order valence-corrected chi connectivity index (χ4v) is 7.10. The molecule has 1 aliphatic heterocycles. The quantitative estimate of drug-likeness (QED) is 0.211. The van der Waals surface area contributed by atoms with E-state index in [0.29, 0.717) is 24.2 Å². The minimum Gasteiger partial charge on any atom is -0.381 e. The van der Waals surface area contributed by atoms with E-state index in [4.69, 9.17) is 9.72 Å². The Hall–Kier alpha value is -0.740. The van der Waals surface area contributed by atoms with Crippen molar-refractivity contribution in [1.29, 1.82) is 0 Å². The Morgan fingerprint density at radius 1 is 0.789 bits per heavy atom. The molecule has 216 valence electrons. The average molecular weight is 547 g/mol. The number of pyridine rings is 1. The van der Waals surface area contributed by atoms with E-state index in [1.54, 1.807) is 0 Å². The van der Waals surface area contributed by atoms with Crippen molar-refractivity contribution in [2.45, 2.75) is 120 Å². The molecule has 0 saturated heterocycles. The van der Waals surface area contributed by atoms with Crippen LogP contribution in [0, 0.1) is 0 Å². The fourth-order valence-electron chi connectivity index (χ4n) is 6.18. The van der Waals surface area contributed by atoms with Crippen LogP contribution in [0.4, 0.5) is 0 Å². The molecule has 2 bridgehead atoms. The van der Waals surface area contributed by atoms with Crippen LogP contribution in [0.3, 0.4) is 0 Å². The first-order valence-corrected chi connectivity index (χ1v) is 16.6. The standard InChI is InChI=1S/C30H54N6OS/c1-2-17-37-18-8-7-13-31-16-19-38-26-20-24-22-34-29-11-5-3-9-27(29)32-14-15-33-28-10-4-6-12-30(28)35-23-25(21-26)36-24/h20-21,27-35H,2-19,22-23H2,1H3/t27-,28-,29-,30-/m1/s1. The highest BCUT2D eigenvalue weighted by Crippen LogP contribution is 2.23. The highest BCUT2D eigenvalue weighted by Gasteiger charge is 2.26. The number of unbranched alkanes of at least 4 members (excludes halogenated alkanes) is 1. The summed E-state index contributed by atoms with van der Waals surface area (Å²) >= 11 is 1.96. The van der Waals surface area contributed by atoms with Gasteiger partial charge in [-0.2, -0.15) is 0 Å². The van der Waals surface area contributed by atoms with Crippen molar-refractivity contribution in [2.75, 3.05) is 45.1 Å². The molecular formula is C30H54N6OS. The van der Waals surface area contributed by atoms with E-state index in [1.165, 1.54) is 74.1 Å². The number of hydrogen-bond acceptors (Lipinski definition) is 8. The van der Waals surface area contributed by atoms with Gasteiger partial charge in [-0.15, -0.1) is 11.8 Å². The van der Waals surface area contributed by atoms with Gasteiger partial charge in [0, 0.05) is 80.8 Å². The summed E-state index contributed by atoms with van der Waals surface area (Å²) in [5.74, 6) is 1.08. The van der Waals surface area contributed by atoms with Crippen molar-refractivity contribution in [3.05, 3.63) is 23.5 Å². The molecule has 1 aromatic rings. The molecule has 0 aromatic carbocycles. The van der Waals surface area contributed by atoms with Gasteiger partial charge >= 0.3 is 0 Å². The normalized spacial score (nSPS) is 27.1. The first-order valence-electron chi connectivity index (χ1n) is 15.7. The van der Waals surface area contributed by atoms with E-state index >= 15 is 0 Å². The summed E-state index contributed by atoms with van der Waals surface area (Å²) in [6.45, 7) is 9.87. The second kappa shape index (κ2) is 17.8. The minimum absolute atomic E-state index is 0.535. The number of aromatic nitrogens is 1. The van der Waals surface area contributed by atoms with Gasteiger partial charge < -0.3 is 31.3 Å². The zero-order valence-electron chi connectivity index (χ0n) is 23.9. The van der Waals surface area contributed by atoms with Gasteiger partial charge in [-0.1, -0.05) is 32.6 Å². The zero-order chi connectivity index (χ0) is 26.3. The molecule has 5 N–H and O–H groups in total. The van der Waals surface area contributed by atoms with Crippen LogP contribution in [0.25, 0.3) is 0 Å². The molecule has 2 heterocycles. The Morgan fingerprint density at radius 2 is 1.37 bits per heavy atom. The minimum atomic E-state index is 0.535. The van der Waals surface area contributed by atoms with Crippen molar-refractivity contribution >= 4 is 11.8 Å². The van der Waals surface area contributed by atoms with Crippen LogP contribution in [-0.4, -0.2) is 74.3 Å². The molecule has 0 amide bonds. The summed E-state index contributed by atoms with van der Waals surface area (Å²) in [6.07, 6.45) is 13.8. The lowest BCUT2D eigenvalue weighted by molar-refractivity contribution is 0.131. The maximum absolute atomic E-state index is 5.58. The first kappa shape index (κ1) is 30.2. The third kappa shape index (κ3) is 10.7. The second-order valence-electron chi connectivity index (χ2n) is 11.4. The molecule has 2 saturated carbocycles. The lowest BCUT2D eigenvalue weighted by Gasteiger charge is -2.34. The monoisotopic (exact) mass is 546 g/mol. The zero-order valence-corrected chi connectivity index (χ0v) is 24.7. The SMILES string of the molecule is CCCOCCCCNCCSc1cc2nc(c1)CN[C@@H]1CCCC[C@H]1NCCN[C@@H]1CCCC[C@H]1NC2. The third-order valence-electron chi connectivity index (χ3n) is 8.25. The fraction of sp³-hybridized carbons (Fsp3) is 0.833. The number of hydrogen-bond donors (Lipinski definition) is 5. The van der Waals surface area contributed by atoms with E-state index in [9.17, 15) is 0 Å². The Morgan fingerprint density at radius 3 is 1.95 bits per heavy atom. The van der Waals surface area contributed by atoms with Crippen LogP contribution in [0.1, 0.15) is 88.9 Å². The van der Waals surface area contributed by atoms with Gasteiger partial charge in [0.25, 0.3) is 0 Å². The van der Waals surface area contributed by atoms with Crippen molar-refractivity contribution in [2.24, 2.45) is 0 Å². The van der Waals surface area contributed by atoms with E-state index in [-0.39, 0.29) is 0 Å². The molecule has 4 atom stereocenters. The van der Waals surface area contributed by atoms with Gasteiger partial charge in [0.15, 0.2) is 0 Å². The lowest BCUT2D eigenvalue weighted by Crippen LogP contribution is -2.53. The Bertz CT molecular complexity index is 735. The van der Waals surface area contributed by atoms with E-state index < -0.39 is 0 Å². The van der Waals surface area contributed by atoms with Crippen molar-refractivity contribution < 1.29 is 4.74 Å². The Labute approximate surface area is 236 Å². The molecule has 4 rings (SSSR count). The molecule has 0 spiro atoms. The summed E-state index contributed by atoms with van der Waals surface area (Å²) in [4.78, 5) is 6.46. The molecule has 2 aliphatic carbocycles. The average Bonchev–Trinajstić information content (AvgIpc) is 2.95. The Balaban J connectivity index is 1.32. The summed E-state index contributed by atoms with van der Waals surface area (Å²) in [5.41, 5.74) is 2.37. The van der Waals surface area contributed by atoms with Crippen LogP contribution in [-0.2, 0) is 17.8 Å². The van der Waals surface area contributed by atoms with Gasteiger partial charge in [0.1, 0.15) is 0 Å². The molecular weight excluding hydrogens is 492 g/mol. The van der Waals surface area contributed by atoms with Gasteiger partial charge in [-0.3, -0.25) is 4.98 Å². The topological polar surface area (TPSA) is 82.3 Å². The molecule has 7 nitrogen and oxygen atoms in total. The number of thioether (sulfide) groups is 1. The van der Waals surface area contributed by atoms with Gasteiger partial charge in [-0.05, 0) is 63.6 Å². The first-order chi connectivity index (χ1) is 18.8. The molecule has 1 aromatic heterocycles. The lowest BCUT2D eigenvalue weighted by atomic mass is 9.89. The number of ether oxygens (including phenoxy) is 1. The highest BCUT2D eigenvalue weighted by molar-refractivity contribution is 7.99. The number of nitrogens with zero attached hydrogens (tertiary/aromatic N) is 1. The molecule has 8 heteroatoms. The van der Waals surface area contributed by atoms with Crippen molar-refractivity contribution in [3.8, 4) is 0 Å². The summed E-state index contributed by atoms with van der Waals surface area (Å²) < 4.78 is 5.58. The molecule has 0 unspecified atom stereocenters. The van der Waals surface area contributed by atoms with Crippen LogP contribution >= 0.6 is 11.8 Å². The van der Waals surface area contributed by atoms with Crippen LogP contribution in [0.15, 0.2) is 17.0 Å². The van der Waals surface area contributed by atoms with Crippen LogP contribution in [0.5, 0.6) is 0 Å². The maximum atomic E-state index is 5.58. The van der Waals surface area contributed by atoms with Crippen LogP contribution < -0.4 is 26.6 Å². The smallest absolute Gasteiger partial charge is 0.0556 e. The van der Waals surface area contributed by atoms with Gasteiger partial charge in [-0.25, -0.2) is 0 Å². The number of fused-ring (bicyclic) bond motifs is 4. The van der Waals surface area contributed by atoms with Gasteiger partial charge in [0.2, 0.25) is 0 Å². The van der Waals surface area contributed by atoms with Crippen molar-refractivity contribution in [1.82, 2.24) is 31.6 Å². The van der Waals surface area contributed by atoms with Gasteiger partial charge in [0.05, 0.1) is 11.4 Å². The van der Waals surface area contributed by atoms with Crippen molar-refractivity contribution in [3.63, 3.8) is 0 Å². The maximum Gasteiger partial charge on any atom is 0.0556 e. The predicted molar refractivity (Wildman–Crippen MR) is 160 cm³/mol. The van der Waals surface area contributed by atoms with E-state index in [1.807, 2.05) is 11.8 Å². The Kier molecular flexibility index (Phi) is 14.2. The van der Waals surface area contributed by atoms with E-state index in [2.05, 4.69) is 45.6 Å². The summed E-state index contributed by atoms with van der Waals surface area (Å²) in [5, 5.41) is 19.2. The number of rotatable bonds is 11. The highest BCUT2D eigenvalue weighted by atomic mass is 32.2. The summed E-state index contributed by atoms with van der Waals surface area (Å²) in [6, 6.07) is 6.84. The molecule has 3 aliphatic rings. The molecule has 2 fully saturated rings. The number of nitrogens with one attached hydrogen (secondary N) is 5. The molecule has 0 radical (unpaired) electrons. The second-order valence-corrected chi connectivity index (χ2v) is 12.5. The predicted octanol–water partition coefficient (Wildman–Crippen LogP) is 3.96. The third-order valence-corrected chi connectivity index (χ3v) is 9.23.